The first-order chi connectivity index (χ1) is 11.1. The molecular formula is C18H20IN3O. The Hall–Kier alpha value is -1.55. The minimum atomic E-state index is -0.249. The highest BCUT2D eigenvalue weighted by molar-refractivity contribution is 14.1. The van der Waals surface area contributed by atoms with Crippen molar-refractivity contribution in [3.8, 4) is 6.07 Å². The van der Waals surface area contributed by atoms with Crippen molar-refractivity contribution in [1.29, 1.82) is 5.26 Å². The molecule has 1 aliphatic carbocycles. The Bertz CT molecular complexity index is 781. The molecule has 2 aliphatic rings. The van der Waals surface area contributed by atoms with Crippen LogP contribution in [0.1, 0.15) is 49.4 Å². The van der Waals surface area contributed by atoms with Crippen molar-refractivity contribution >= 4 is 40.7 Å². The van der Waals surface area contributed by atoms with Crippen LogP contribution in [0.15, 0.2) is 17.4 Å². The zero-order valence-corrected chi connectivity index (χ0v) is 15.5. The molecular weight excluding hydrogens is 401 g/mol. The van der Waals surface area contributed by atoms with Crippen molar-refractivity contribution in [1.82, 2.24) is 2.78 Å². The molecule has 1 saturated heterocycles. The van der Waals surface area contributed by atoms with Gasteiger partial charge in [-0.3, -0.25) is 4.79 Å². The number of pyridine rings is 1. The van der Waals surface area contributed by atoms with Crippen LogP contribution in [-0.2, 0) is 0 Å². The van der Waals surface area contributed by atoms with E-state index in [0.717, 1.165) is 36.5 Å². The second-order valence-electron chi connectivity index (χ2n) is 6.45. The van der Waals surface area contributed by atoms with Crippen LogP contribution in [0.5, 0.6) is 0 Å². The number of allylic oxidation sites excluding steroid dienone is 1. The Kier molecular flexibility index (Phi) is 4.37. The molecule has 2 heterocycles. The molecule has 0 unspecified atom stereocenters. The van der Waals surface area contributed by atoms with Crippen molar-refractivity contribution in [2.45, 2.75) is 32.6 Å². The normalized spacial score (nSPS) is 19.1. The van der Waals surface area contributed by atoms with E-state index in [-0.39, 0.29) is 11.1 Å². The van der Waals surface area contributed by atoms with E-state index >= 15 is 0 Å². The first-order valence-electron chi connectivity index (χ1n) is 7.96. The van der Waals surface area contributed by atoms with Crippen LogP contribution < -0.4 is 10.5 Å². The van der Waals surface area contributed by atoms with E-state index in [1.165, 1.54) is 22.0 Å². The maximum Gasteiger partial charge on any atom is 0.280 e. The van der Waals surface area contributed by atoms with Crippen LogP contribution >= 0.6 is 22.9 Å². The molecule has 1 aromatic heterocycles. The number of rotatable bonds is 3. The van der Waals surface area contributed by atoms with Gasteiger partial charge in [0.15, 0.2) is 0 Å². The molecule has 0 atom stereocenters. The highest BCUT2D eigenvalue weighted by Crippen LogP contribution is 2.49. The van der Waals surface area contributed by atoms with Crippen molar-refractivity contribution in [2.75, 3.05) is 18.0 Å². The topological polar surface area (TPSA) is 49.0 Å². The number of halogens is 1. The number of nitriles is 1. The smallest absolute Gasteiger partial charge is 0.280 e. The fourth-order valence-corrected chi connectivity index (χ4v) is 4.53. The number of anilines is 1. The Morgan fingerprint density at radius 3 is 2.61 bits per heavy atom. The van der Waals surface area contributed by atoms with Crippen molar-refractivity contribution in [2.24, 2.45) is 5.41 Å². The first kappa shape index (κ1) is 16.3. The molecule has 1 aliphatic heterocycles. The van der Waals surface area contributed by atoms with Crippen LogP contribution in [0, 0.1) is 16.7 Å². The predicted molar refractivity (Wildman–Crippen MR) is 103 cm³/mol. The van der Waals surface area contributed by atoms with E-state index in [1.807, 2.05) is 41.9 Å². The molecule has 0 aromatic carbocycles. The second-order valence-corrected chi connectivity index (χ2v) is 7.41. The average Bonchev–Trinajstić information content (AvgIpc) is 2.96. The highest BCUT2D eigenvalue weighted by Gasteiger charge is 2.44. The maximum absolute atomic E-state index is 12.6. The standard InChI is InChI=1S/C18H20IN3O/c1-3-6-13-15(4-2)22(19)17(23)14(11-20)16(13)21-10-9-18(12-21)7-5-8-18/h3-4,6H,2,5,7-10,12H2,1H3/b6-3-. The van der Waals surface area contributed by atoms with Crippen LogP contribution in [0.25, 0.3) is 12.2 Å². The Morgan fingerprint density at radius 1 is 1.39 bits per heavy atom. The molecule has 0 N–H and O–H groups in total. The predicted octanol–water partition coefficient (Wildman–Crippen LogP) is 3.97. The number of hydrogen-bond donors (Lipinski definition) is 0. The minimum Gasteiger partial charge on any atom is -0.369 e. The SMILES string of the molecule is C=Cc1c(/C=C\C)c(N2CCC3(CCC3)C2)c(C#N)c(=O)n1I. The Morgan fingerprint density at radius 2 is 2.13 bits per heavy atom. The van der Waals surface area contributed by atoms with Crippen LogP contribution in [0.4, 0.5) is 5.69 Å². The van der Waals surface area contributed by atoms with Gasteiger partial charge in [0.05, 0.1) is 34.2 Å². The lowest BCUT2D eigenvalue weighted by atomic mass is 9.68. The van der Waals surface area contributed by atoms with E-state index < -0.39 is 0 Å². The summed E-state index contributed by atoms with van der Waals surface area (Å²) < 4.78 is 1.50. The Balaban J connectivity index is 2.21. The fourth-order valence-electron chi connectivity index (χ4n) is 3.83. The van der Waals surface area contributed by atoms with E-state index in [9.17, 15) is 10.1 Å². The largest absolute Gasteiger partial charge is 0.369 e. The third-order valence-electron chi connectivity index (χ3n) is 5.18. The van der Waals surface area contributed by atoms with Crippen LogP contribution in [-0.4, -0.2) is 15.9 Å². The van der Waals surface area contributed by atoms with Crippen molar-refractivity contribution < 1.29 is 0 Å². The molecule has 1 spiro atoms. The van der Waals surface area contributed by atoms with Gasteiger partial charge in [-0.1, -0.05) is 25.2 Å². The summed E-state index contributed by atoms with van der Waals surface area (Å²) in [6.45, 7) is 7.67. The van der Waals surface area contributed by atoms with Gasteiger partial charge in [-0.25, -0.2) is 2.78 Å². The number of aromatic nitrogens is 1. The lowest BCUT2D eigenvalue weighted by Gasteiger charge is -2.38. The maximum atomic E-state index is 12.6. The molecule has 120 valence electrons. The van der Waals surface area contributed by atoms with Gasteiger partial charge in [-0.05, 0) is 37.7 Å². The van der Waals surface area contributed by atoms with Crippen LogP contribution in [0.2, 0.25) is 0 Å². The molecule has 5 heteroatoms. The molecule has 1 aromatic rings. The van der Waals surface area contributed by atoms with Gasteiger partial charge in [0.2, 0.25) is 0 Å². The number of nitrogens with zero attached hydrogens (tertiary/aromatic N) is 3. The highest BCUT2D eigenvalue weighted by atomic mass is 127. The van der Waals surface area contributed by atoms with Crippen LogP contribution in [0.3, 0.4) is 0 Å². The summed E-state index contributed by atoms with van der Waals surface area (Å²) in [5.41, 5.74) is 2.88. The third-order valence-corrected chi connectivity index (χ3v) is 6.14. The lowest BCUT2D eigenvalue weighted by molar-refractivity contribution is 0.165. The lowest BCUT2D eigenvalue weighted by Crippen LogP contribution is -2.34. The van der Waals surface area contributed by atoms with E-state index in [4.69, 9.17) is 0 Å². The molecule has 0 amide bonds. The van der Waals surface area contributed by atoms with E-state index in [1.54, 1.807) is 6.08 Å². The van der Waals surface area contributed by atoms with Gasteiger partial charge in [0.25, 0.3) is 5.56 Å². The minimum absolute atomic E-state index is 0.245. The van der Waals surface area contributed by atoms with Crippen molar-refractivity contribution in [3.05, 3.63) is 39.8 Å². The summed E-state index contributed by atoms with van der Waals surface area (Å²) in [5.74, 6) is 0. The molecule has 0 bridgehead atoms. The van der Waals surface area contributed by atoms with Crippen molar-refractivity contribution in [3.63, 3.8) is 0 Å². The quantitative estimate of drug-likeness (QED) is 0.694. The van der Waals surface area contributed by atoms with Gasteiger partial charge in [0.1, 0.15) is 11.6 Å². The zero-order valence-electron chi connectivity index (χ0n) is 13.3. The van der Waals surface area contributed by atoms with Gasteiger partial charge in [0, 0.05) is 18.7 Å². The molecule has 2 fully saturated rings. The summed E-state index contributed by atoms with van der Waals surface area (Å²) >= 11 is 1.95. The monoisotopic (exact) mass is 421 g/mol. The van der Waals surface area contributed by atoms with Gasteiger partial charge in [-0.15, -0.1) is 0 Å². The summed E-state index contributed by atoms with van der Waals surface area (Å²) in [7, 11) is 0. The molecule has 0 radical (unpaired) electrons. The Labute approximate surface area is 150 Å². The summed E-state index contributed by atoms with van der Waals surface area (Å²) in [6.07, 6.45) is 10.6. The van der Waals surface area contributed by atoms with Gasteiger partial charge < -0.3 is 4.90 Å². The first-order valence-corrected chi connectivity index (χ1v) is 8.93. The van der Waals surface area contributed by atoms with Gasteiger partial charge in [-0.2, -0.15) is 5.26 Å². The number of hydrogen-bond acceptors (Lipinski definition) is 3. The molecule has 3 rings (SSSR count). The van der Waals surface area contributed by atoms with E-state index in [2.05, 4.69) is 17.5 Å². The summed E-state index contributed by atoms with van der Waals surface area (Å²) in [4.78, 5) is 14.8. The second kappa shape index (κ2) is 6.16. The summed E-state index contributed by atoms with van der Waals surface area (Å²) in [6, 6.07) is 2.15. The van der Waals surface area contributed by atoms with Gasteiger partial charge >= 0.3 is 0 Å². The summed E-state index contributed by atoms with van der Waals surface area (Å²) in [5, 5.41) is 9.60. The van der Waals surface area contributed by atoms with E-state index in [0.29, 0.717) is 5.41 Å². The molecule has 1 saturated carbocycles. The fraction of sp³-hybridized carbons (Fsp3) is 0.444. The molecule has 4 nitrogen and oxygen atoms in total. The third kappa shape index (κ3) is 2.53. The zero-order chi connectivity index (χ0) is 16.6. The molecule has 23 heavy (non-hydrogen) atoms. The average molecular weight is 421 g/mol.